The summed E-state index contributed by atoms with van der Waals surface area (Å²) in [6, 6.07) is 2.33. The molecule has 0 bridgehead atoms. The van der Waals surface area contributed by atoms with Gasteiger partial charge in [0.1, 0.15) is 11.6 Å². The van der Waals surface area contributed by atoms with Gasteiger partial charge in [0.25, 0.3) is 0 Å². The Morgan fingerprint density at radius 1 is 1.30 bits per heavy atom. The molecule has 2 aromatic heterocycles. The second-order valence-corrected chi connectivity index (χ2v) is 5.75. The average molecular weight is 312 g/mol. The number of hydrogen-bond acceptors (Lipinski definition) is 7. The van der Waals surface area contributed by atoms with Crippen molar-refractivity contribution in [3.63, 3.8) is 0 Å². The van der Waals surface area contributed by atoms with E-state index in [0.29, 0.717) is 23.1 Å². The Balaban J connectivity index is 1.90. The second kappa shape index (κ2) is 6.32. The van der Waals surface area contributed by atoms with Crippen molar-refractivity contribution < 1.29 is 4.52 Å². The predicted molar refractivity (Wildman–Crippen MR) is 84.1 cm³/mol. The molecule has 120 valence electrons. The van der Waals surface area contributed by atoms with Crippen molar-refractivity contribution in [2.75, 3.05) is 18.0 Å². The normalized spacial score (nSPS) is 17.5. The van der Waals surface area contributed by atoms with E-state index in [2.05, 4.69) is 38.2 Å². The SMILES string of the molecule is CCc1nnc(N2CCC(c3nc(C)no3)C2)c(C#N)c1CC. The standard InChI is InChI=1S/C16H20N6O/c1-4-12-13(8-17)15(20-19-14(12)5-2)22-7-6-11(9-22)16-18-10(3)21-23-16/h11H,4-7,9H2,1-3H3. The minimum absolute atomic E-state index is 0.181. The summed E-state index contributed by atoms with van der Waals surface area (Å²) in [5.74, 6) is 2.18. The van der Waals surface area contributed by atoms with Gasteiger partial charge in [0.2, 0.25) is 5.89 Å². The van der Waals surface area contributed by atoms with Crippen molar-refractivity contribution in [3.8, 4) is 6.07 Å². The Morgan fingerprint density at radius 3 is 2.74 bits per heavy atom. The third-order valence-corrected chi connectivity index (χ3v) is 4.32. The molecule has 1 aliphatic heterocycles. The molecule has 2 aromatic rings. The fourth-order valence-electron chi connectivity index (χ4n) is 3.13. The van der Waals surface area contributed by atoms with Crippen LogP contribution in [0.15, 0.2) is 4.52 Å². The summed E-state index contributed by atoms with van der Waals surface area (Å²) in [6.45, 7) is 7.43. The largest absolute Gasteiger partial charge is 0.353 e. The van der Waals surface area contributed by atoms with Gasteiger partial charge in [-0.25, -0.2) is 0 Å². The first kappa shape index (κ1) is 15.4. The zero-order valence-corrected chi connectivity index (χ0v) is 13.7. The first-order valence-corrected chi connectivity index (χ1v) is 8.01. The van der Waals surface area contributed by atoms with Crippen molar-refractivity contribution >= 4 is 5.82 Å². The minimum Gasteiger partial charge on any atom is -0.353 e. The van der Waals surface area contributed by atoms with Crippen LogP contribution in [-0.2, 0) is 12.8 Å². The number of aryl methyl sites for hydroxylation is 2. The molecule has 7 nitrogen and oxygen atoms in total. The van der Waals surface area contributed by atoms with Crippen molar-refractivity contribution in [1.29, 1.82) is 5.26 Å². The van der Waals surface area contributed by atoms with E-state index in [-0.39, 0.29) is 5.92 Å². The van der Waals surface area contributed by atoms with Gasteiger partial charge in [-0.1, -0.05) is 19.0 Å². The molecular weight excluding hydrogens is 292 g/mol. The first-order chi connectivity index (χ1) is 11.2. The molecule has 1 saturated heterocycles. The van der Waals surface area contributed by atoms with Crippen LogP contribution < -0.4 is 4.90 Å². The molecular formula is C16H20N6O. The summed E-state index contributed by atoms with van der Waals surface area (Å²) in [5, 5.41) is 22.1. The van der Waals surface area contributed by atoms with Crippen molar-refractivity contribution in [1.82, 2.24) is 20.3 Å². The van der Waals surface area contributed by atoms with Crippen molar-refractivity contribution in [2.24, 2.45) is 0 Å². The van der Waals surface area contributed by atoms with Gasteiger partial charge in [-0.05, 0) is 31.7 Å². The van der Waals surface area contributed by atoms with Crippen LogP contribution in [0.5, 0.6) is 0 Å². The van der Waals surface area contributed by atoms with Gasteiger partial charge in [0, 0.05) is 13.1 Å². The van der Waals surface area contributed by atoms with Gasteiger partial charge in [-0.15, -0.1) is 5.10 Å². The molecule has 7 heteroatoms. The minimum atomic E-state index is 0.181. The van der Waals surface area contributed by atoms with Crippen LogP contribution in [-0.4, -0.2) is 33.4 Å². The van der Waals surface area contributed by atoms with E-state index < -0.39 is 0 Å². The van der Waals surface area contributed by atoms with Gasteiger partial charge >= 0.3 is 0 Å². The summed E-state index contributed by atoms with van der Waals surface area (Å²) < 4.78 is 5.28. The summed E-state index contributed by atoms with van der Waals surface area (Å²) in [7, 11) is 0. The summed E-state index contributed by atoms with van der Waals surface area (Å²) in [5.41, 5.74) is 2.58. The molecule has 0 spiro atoms. The third kappa shape index (κ3) is 2.77. The average Bonchev–Trinajstić information content (AvgIpc) is 3.21. The number of aromatic nitrogens is 4. The fourth-order valence-corrected chi connectivity index (χ4v) is 3.13. The van der Waals surface area contributed by atoms with E-state index in [0.717, 1.165) is 43.6 Å². The maximum absolute atomic E-state index is 9.61. The molecule has 3 rings (SSSR count). The first-order valence-electron chi connectivity index (χ1n) is 8.01. The molecule has 1 aliphatic rings. The Morgan fingerprint density at radius 2 is 2.13 bits per heavy atom. The number of nitrogens with zero attached hydrogens (tertiary/aromatic N) is 6. The summed E-state index contributed by atoms with van der Waals surface area (Å²) >= 11 is 0. The van der Waals surface area contributed by atoms with E-state index in [1.807, 2.05) is 13.8 Å². The monoisotopic (exact) mass is 312 g/mol. The zero-order valence-electron chi connectivity index (χ0n) is 13.7. The van der Waals surface area contributed by atoms with E-state index in [1.54, 1.807) is 0 Å². The second-order valence-electron chi connectivity index (χ2n) is 5.75. The van der Waals surface area contributed by atoms with Crippen LogP contribution in [0.4, 0.5) is 5.82 Å². The maximum Gasteiger partial charge on any atom is 0.231 e. The molecule has 1 fully saturated rings. The Bertz CT molecular complexity index is 748. The molecule has 1 atom stereocenters. The summed E-state index contributed by atoms with van der Waals surface area (Å²) in [4.78, 5) is 6.42. The fraction of sp³-hybridized carbons (Fsp3) is 0.562. The molecule has 0 N–H and O–H groups in total. The smallest absolute Gasteiger partial charge is 0.231 e. The maximum atomic E-state index is 9.61. The quantitative estimate of drug-likeness (QED) is 0.854. The van der Waals surface area contributed by atoms with Gasteiger partial charge in [-0.3, -0.25) is 0 Å². The van der Waals surface area contributed by atoms with Gasteiger partial charge < -0.3 is 9.42 Å². The van der Waals surface area contributed by atoms with Crippen molar-refractivity contribution in [3.05, 3.63) is 28.5 Å². The molecule has 3 heterocycles. The van der Waals surface area contributed by atoms with Crippen LogP contribution in [0.1, 0.15) is 54.7 Å². The highest BCUT2D eigenvalue weighted by Crippen LogP contribution is 2.31. The van der Waals surface area contributed by atoms with Crippen LogP contribution in [0.3, 0.4) is 0 Å². The Hall–Kier alpha value is -2.49. The number of anilines is 1. The molecule has 0 radical (unpaired) electrons. The predicted octanol–water partition coefficient (Wildman–Crippen LogP) is 2.16. The van der Waals surface area contributed by atoms with E-state index >= 15 is 0 Å². The number of nitriles is 1. The molecule has 23 heavy (non-hydrogen) atoms. The Kier molecular flexibility index (Phi) is 4.24. The van der Waals surface area contributed by atoms with E-state index in [9.17, 15) is 5.26 Å². The number of hydrogen-bond donors (Lipinski definition) is 0. The highest BCUT2D eigenvalue weighted by atomic mass is 16.5. The number of rotatable bonds is 4. The van der Waals surface area contributed by atoms with Gasteiger partial charge in [0.05, 0.1) is 11.6 Å². The highest BCUT2D eigenvalue weighted by molar-refractivity contribution is 5.58. The van der Waals surface area contributed by atoms with Crippen LogP contribution in [0.2, 0.25) is 0 Å². The lowest BCUT2D eigenvalue weighted by molar-refractivity contribution is 0.356. The zero-order chi connectivity index (χ0) is 16.4. The lowest BCUT2D eigenvalue weighted by Gasteiger charge is -2.19. The van der Waals surface area contributed by atoms with E-state index in [1.165, 1.54) is 0 Å². The van der Waals surface area contributed by atoms with E-state index in [4.69, 9.17) is 4.52 Å². The van der Waals surface area contributed by atoms with Crippen LogP contribution >= 0.6 is 0 Å². The molecule has 1 unspecified atom stereocenters. The van der Waals surface area contributed by atoms with Gasteiger partial charge in [-0.2, -0.15) is 15.3 Å². The molecule has 0 saturated carbocycles. The molecule has 0 amide bonds. The lowest BCUT2D eigenvalue weighted by atomic mass is 10.0. The highest BCUT2D eigenvalue weighted by Gasteiger charge is 2.31. The lowest BCUT2D eigenvalue weighted by Crippen LogP contribution is -2.23. The van der Waals surface area contributed by atoms with Crippen molar-refractivity contribution in [2.45, 2.75) is 46.0 Å². The van der Waals surface area contributed by atoms with Gasteiger partial charge in [0.15, 0.2) is 11.6 Å². The van der Waals surface area contributed by atoms with Crippen LogP contribution in [0, 0.1) is 18.3 Å². The topological polar surface area (TPSA) is 91.7 Å². The summed E-state index contributed by atoms with van der Waals surface area (Å²) in [6.07, 6.45) is 2.48. The molecule has 0 aliphatic carbocycles. The Labute approximate surface area is 135 Å². The molecule has 0 aromatic carbocycles. The van der Waals surface area contributed by atoms with Crippen LogP contribution in [0.25, 0.3) is 0 Å². The third-order valence-electron chi connectivity index (χ3n) is 4.32.